The van der Waals surface area contributed by atoms with Crippen LogP contribution in [0.4, 0.5) is 13.2 Å². The maximum absolute atomic E-state index is 11.8. The lowest BCUT2D eigenvalue weighted by atomic mass is 10.3. The van der Waals surface area contributed by atoms with E-state index >= 15 is 0 Å². The normalized spacial score (nSPS) is 12.5. The minimum absolute atomic E-state index is 0.0561. The molecule has 0 bridgehead atoms. The first-order valence-electron chi connectivity index (χ1n) is 5.22. The second-order valence-electron chi connectivity index (χ2n) is 3.67. The highest BCUT2D eigenvalue weighted by molar-refractivity contribution is 9.10. The molecule has 0 aromatic heterocycles. The Labute approximate surface area is 136 Å². The van der Waals surface area contributed by atoms with Gasteiger partial charge in [-0.05, 0) is 12.1 Å². The van der Waals surface area contributed by atoms with Gasteiger partial charge in [-0.15, -0.1) is 0 Å². The highest BCUT2D eigenvalue weighted by Gasteiger charge is 2.27. The fourth-order valence-corrected chi connectivity index (χ4v) is 3.32. The van der Waals surface area contributed by atoms with Crippen molar-refractivity contribution in [1.82, 2.24) is 0 Å². The lowest BCUT2D eigenvalue weighted by molar-refractivity contribution is -0.175. The van der Waals surface area contributed by atoms with Crippen LogP contribution in [0.2, 0.25) is 5.02 Å². The van der Waals surface area contributed by atoms with Crippen molar-refractivity contribution in [3.05, 3.63) is 21.6 Å². The van der Waals surface area contributed by atoms with Gasteiger partial charge in [0.2, 0.25) is 0 Å². The van der Waals surface area contributed by atoms with Crippen molar-refractivity contribution in [2.24, 2.45) is 0 Å². The lowest BCUT2D eigenvalue weighted by Crippen LogP contribution is -2.19. The van der Waals surface area contributed by atoms with Gasteiger partial charge in [-0.1, -0.05) is 27.5 Å². The summed E-state index contributed by atoms with van der Waals surface area (Å²) in [6.07, 6.45) is -4.44. The van der Waals surface area contributed by atoms with Crippen LogP contribution in [0.15, 0.2) is 21.5 Å². The van der Waals surface area contributed by atoms with Crippen LogP contribution >= 0.6 is 38.2 Å². The van der Waals surface area contributed by atoms with Crippen molar-refractivity contribution in [2.45, 2.75) is 11.1 Å². The first-order chi connectivity index (χ1) is 9.50. The highest BCUT2D eigenvalue weighted by Crippen LogP contribution is 2.37. The summed E-state index contributed by atoms with van der Waals surface area (Å²) >= 11 is 8.87. The fraction of sp³-hybridized carbons (Fsp3) is 0.400. The molecule has 0 aliphatic carbocycles. The zero-order chi connectivity index (χ0) is 16.3. The molecule has 1 aromatic rings. The summed E-state index contributed by atoms with van der Waals surface area (Å²) in [5.41, 5.74) is 0. The molecule has 0 N–H and O–H groups in total. The third-order valence-electron chi connectivity index (χ3n) is 1.98. The summed E-state index contributed by atoms with van der Waals surface area (Å²) in [7, 11) is 1.11. The number of ether oxygens (including phenoxy) is 2. The van der Waals surface area contributed by atoms with Gasteiger partial charge in [0.05, 0.1) is 11.6 Å². The van der Waals surface area contributed by atoms with E-state index in [2.05, 4.69) is 20.7 Å². The molecule has 1 rings (SSSR count). The molecule has 120 valence electrons. The Kier molecular flexibility index (Phi) is 6.60. The molecule has 0 saturated carbocycles. The molecule has 11 heteroatoms. The van der Waals surface area contributed by atoms with E-state index in [1.165, 1.54) is 12.1 Å². The van der Waals surface area contributed by atoms with Crippen LogP contribution in [-0.2, 0) is 13.8 Å². The Morgan fingerprint density at radius 1 is 1.24 bits per heavy atom. The van der Waals surface area contributed by atoms with Gasteiger partial charge in [-0.3, -0.25) is 0 Å². The maximum Gasteiger partial charge on any atom is 0.411 e. The molecule has 1 aromatic carbocycles. The monoisotopic (exact) mass is 430 g/mol. The molecule has 0 aliphatic heterocycles. The Balaban J connectivity index is 2.75. The minimum Gasteiger partial charge on any atom is -0.488 e. The quantitative estimate of drug-likeness (QED) is 0.504. The number of benzene rings is 1. The second-order valence-corrected chi connectivity index (χ2v) is 7.53. The van der Waals surface area contributed by atoms with E-state index in [9.17, 15) is 21.6 Å². The molecular weight excluding hydrogens is 424 g/mol. The van der Waals surface area contributed by atoms with Gasteiger partial charge in [-0.25, -0.2) is 8.42 Å². The molecule has 21 heavy (non-hydrogen) atoms. The van der Waals surface area contributed by atoms with Crippen molar-refractivity contribution in [3.8, 4) is 5.75 Å². The van der Waals surface area contributed by atoms with Crippen molar-refractivity contribution < 1.29 is 31.1 Å². The Bertz CT molecular complexity index is 607. The molecule has 0 spiro atoms. The van der Waals surface area contributed by atoms with E-state index in [4.69, 9.17) is 27.0 Å². The van der Waals surface area contributed by atoms with Crippen molar-refractivity contribution in [1.29, 1.82) is 0 Å². The summed E-state index contributed by atoms with van der Waals surface area (Å²) < 4.78 is 68.1. The molecule has 0 atom stereocenters. The summed E-state index contributed by atoms with van der Waals surface area (Å²) in [6.45, 7) is -2.14. The third kappa shape index (κ3) is 6.60. The van der Waals surface area contributed by atoms with Crippen LogP contribution in [0.1, 0.15) is 0 Å². The summed E-state index contributed by atoms with van der Waals surface area (Å²) in [6, 6.07) is 2.53. The zero-order valence-electron chi connectivity index (χ0n) is 10.1. The van der Waals surface area contributed by atoms with Crippen LogP contribution in [0.25, 0.3) is 0 Å². The molecule has 0 saturated heterocycles. The van der Waals surface area contributed by atoms with Gasteiger partial charge in [0.15, 0.2) is 5.75 Å². The van der Waals surface area contributed by atoms with Crippen LogP contribution in [0.3, 0.4) is 0 Å². The van der Waals surface area contributed by atoms with Crippen LogP contribution in [-0.4, -0.2) is 34.4 Å². The SMILES string of the molecule is O=S(=O)(Cl)c1cc(Br)cc(Cl)c1OCCOCC(F)(F)F. The Morgan fingerprint density at radius 2 is 1.86 bits per heavy atom. The third-order valence-corrected chi connectivity index (χ3v) is 4.04. The predicted octanol–water partition coefficient (Wildman–Crippen LogP) is 3.99. The smallest absolute Gasteiger partial charge is 0.411 e. The topological polar surface area (TPSA) is 52.6 Å². The number of hydrogen-bond acceptors (Lipinski definition) is 4. The molecule has 0 unspecified atom stereocenters. The number of alkyl halides is 3. The average molecular weight is 432 g/mol. The van der Waals surface area contributed by atoms with E-state index in [1.54, 1.807) is 0 Å². The molecule has 0 radical (unpaired) electrons. The molecule has 0 amide bonds. The zero-order valence-corrected chi connectivity index (χ0v) is 14.0. The Hall–Kier alpha value is -0.220. The van der Waals surface area contributed by atoms with Crippen LogP contribution in [0, 0.1) is 0 Å². The maximum atomic E-state index is 11.8. The highest BCUT2D eigenvalue weighted by atomic mass is 79.9. The Morgan fingerprint density at radius 3 is 2.38 bits per heavy atom. The largest absolute Gasteiger partial charge is 0.488 e. The summed E-state index contributed by atoms with van der Waals surface area (Å²) in [5, 5.41) is -0.0561. The average Bonchev–Trinajstić information content (AvgIpc) is 2.27. The van der Waals surface area contributed by atoms with Gasteiger partial charge in [-0.2, -0.15) is 13.2 Å². The molecule has 0 heterocycles. The van der Waals surface area contributed by atoms with Gasteiger partial charge >= 0.3 is 6.18 Å². The summed E-state index contributed by atoms with van der Waals surface area (Å²) in [5.74, 6) is -0.245. The lowest BCUT2D eigenvalue weighted by Gasteiger charge is -2.13. The van der Waals surface area contributed by atoms with Gasteiger partial charge in [0, 0.05) is 15.2 Å². The fourth-order valence-electron chi connectivity index (χ4n) is 1.25. The second kappa shape index (κ2) is 7.36. The van der Waals surface area contributed by atoms with E-state index in [0.29, 0.717) is 4.47 Å². The van der Waals surface area contributed by atoms with E-state index in [1.807, 2.05) is 0 Å². The van der Waals surface area contributed by atoms with Gasteiger partial charge in [0.25, 0.3) is 9.05 Å². The standard InChI is InChI=1S/C10H8BrCl2F3O4S/c11-6-3-7(12)9(8(4-6)21(13,17)18)20-2-1-19-5-10(14,15)16/h3-4H,1-2,5H2. The molecule has 4 nitrogen and oxygen atoms in total. The molecular formula is C10H8BrCl2F3O4S. The minimum atomic E-state index is -4.44. The first-order valence-corrected chi connectivity index (χ1v) is 8.70. The number of hydrogen-bond donors (Lipinski definition) is 0. The van der Waals surface area contributed by atoms with E-state index < -0.39 is 28.4 Å². The van der Waals surface area contributed by atoms with Crippen LogP contribution < -0.4 is 4.74 Å². The number of rotatable bonds is 6. The van der Waals surface area contributed by atoms with E-state index in [0.717, 1.165) is 0 Å². The predicted molar refractivity (Wildman–Crippen MR) is 74.6 cm³/mol. The van der Waals surface area contributed by atoms with Gasteiger partial charge in [0.1, 0.15) is 18.1 Å². The molecule has 0 aliphatic rings. The van der Waals surface area contributed by atoms with Crippen molar-refractivity contribution in [3.63, 3.8) is 0 Å². The van der Waals surface area contributed by atoms with E-state index in [-0.39, 0.29) is 22.3 Å². The van der Waals surface area contributed by atoms with Gasteiger partial charge < -0.3 is 9.47 Å². The first kappa shape index (κ1) is 18.8. The van der Waals surface area contributed by atoms with Crippen molar-refractivity contribution in [2.75, 3.05) is 19.8 Å². The van der Waals surface area contributed by atoms with Crippen molar-refractivity contribution >= 4 is 47.3 Å². The number of halogens is 6. The molecule has 0 fully saturated rings. The summed E-state index contributed by atoms with van der Waals surface area (Å²) in [4.78, 5) is -0.389. The van der Waals surface area contributed by atoms with Crippen LogP contribution in [0.5, 0.6) is 5.75 Å².